The van der Waals surface area contributed by atoms with Crippen molar-refractivity contribution in [2.75, 3.05) is 6.61 Å². The summed E-state index contributed by atoms with van der Waals surface area (Å²) in [5.41, 5.74) is 1.07. The highest BCUT2D eigenvalue weighted by atomic mass is 28.4. The van der Waals surface area contributed by atoms with E-state index >= 15 is 0 Å². The van der Waals surface area contributed by atoms with Crippen molar-refractivity contribution < 1.29 is 14.0 Å². The van der Waals surface area contributed by atoms with E-state index in [-0.39, 0.29) is 23.2 Å². The minimum Gasteiger partial charge on any atom is -0.411 e. The summed E-state index contributed by atoms with van der Waals surface area (Å²) in [7, 11) is -1.87. The molecule has 3 atom stereocenters. The van der Waals surface area contributed by atoms with Crippen LogP contribution in [0, 0.1) is 5.92 Å². The van der Waals surface area contributed by atoms with Crippen molar-refractivity contribution in [3.05, 3.63) is 30.1 Å². The molecule has 0 unspecified atom stereocenters. The molecule has 4 nitrogen and oxygen atoms in total. The van der Waals surface area contributed by atoms with Crippen LogP contribution in [0.25, 0.3) is 0 Å². The smallest absolute Gasteiger partial charge is 0.192 e. The molecule has 0 amide bonds. The number of rotatable bonds is 6. The van der Waals surface area contributed by atoms with E-state index in [4.69, 9.17) is 9.16 Å². The van der Waals surface area contributed by atoms with Gasteiger partial charge < -0.3 is 14.0 Å². The number of aromatic nitrogens is 1. The van der Waals surface area contributed by atoms with Gasteiger partial charge in [-0.3, -0.25) is 4.98 Å². The lowest BCUT2D eigenvalue weighted by atomic mass is 9.90. The molecule has 0 bridgehead atoms. The molecule has 0 saturated carbocycles. The summed E-state index contributed by atoms with van der Waals surface area (Å²) in [6.45, 7) is 11.9. The summed E-state index contributed by atoms with van der Waals surface area (Å²) in [5, 5.41) is 0.161. The highest BCUT2D eigenvalue weighted by Gasteiger charge is 2.45. The maximum Gasteiger partial charge on any atom is 0.192 e. The molecule has 5 heteroatoms. The van der Waals surface area contributed by atoms with Crippen LogP contribution in [0.3, 0.4) is 0 Å². The van der Waals surface area contributed by atoms with Crippen LogP contribution >= 0.6 is 0 Å². The zero-order valence-electron chi connectivity index (χ0n) is 14.9. The topological polar surface area (TPSA) is 48.4 Å². The molecule has 1 fully saturated rings. The molecule has 1 aromatic heterocycles. The number of pyridine rings is 1. The van der Waals surface area contributed by atoms with Crippen molar-refractivity contribution in [3.8, 4) is 0 Å². The van der Waals surface area contributed by atoms with Crippen molar-refractivity contribution in [3.63, 3.8) is 0 Å². The van der Waals surface area contributed by atoms with Crippen molar-refractivity contribution in [1.82, 2.24) is 4.98 Å². The molecule has 0 radical (unpaired) electrons. The van der Waals surface area contributed by atoms with Crippen LogP contribution in [0.4, 0.5) is 0 Å². The second-order valence-corrected chi connectivity index (χ2v) is 12.6. The molecule has 0 aromatic carbocycles. The van der Waals surface area contributed by atoms with Crippen LogP contribution in [0.2, 0.25) is 18.1 Å². The van der Waals surface area contributed by atoms with E-state index in [0.717, 1.165) is 18.3 Å². The number of hydrogen-bond donors (Lipinski definition) is 0. The number of nitrogens with zero attached hydrogens (tertiary/aromatic N) is 1. The van der Waals surface area contributed by atoms with Gasteiger partial charge in [0.1, 0.15) is 6.29 Å². The Kier molecular flexibility index (Phi) is 5.76. The number of carbonyl (C=O) groups is 1. The van der Waals surface area contributed by atoms with Crippen LogP contribution in [0.5, 0.6) is 0 Å². The Morgan fingerprint density at radius 3 is 2.74 bits per heavy atom. The second-order valence-electron chi connectivity index (χ2n) is 7.86. The van der Waals surface area contributed by atoms with E-state index in [2.05, 4.69) is 38.8 Å². The van der Waals surface area contributed by atoms with Gasteiger partial charge in [-0.25, -0.2) is 0 Å². The van der Waals surface area contributed by atoms with E-state index in [1.165, 1.54) is 0 Å². The van der Waals surface area contributed by atoms with Gasteiger partial charge in [-0.05, 0) is 36.2 Å². The van der Waals surface area contributed by atoms with E-state index in [1.807, 2.05) is 18.3 Å². The molecule has 1 saturated heterocycles. The summed E-state index contributed by atoms with van der Waals surface area (Å²) < 4.78 is 12.7. The third kappa shape index (κ3) is 4.28. The molecule has 0 aliphatic carbocycles. The van der Waals surface area contributed by atoms with Gasteiger partial charge in [0.15, 0.2) is 8.32 Å². The van der Waals surface area contributed by atoms with Gasteiger partial charge >= 0.3 is 0 Å². The fourth-order valence-electron chi connectivity index (χ4n) is 2.80. The Hall–Kier alpha value is -1.04. The summed E-state index contributed by atoms with van der Waals surface area (Å²) in [4.78, 5) is 15.1. The SMILES string of the molecule is CC(C)(C)[Si](C)(C)O[C@@H]1CO[C@H](c2cccnc2)[C@@H]1CCC=O. The Labute approximate surface area is 140 Å². The monoisotopic (exact) mass is 335 g/mol. The standard InChI is InChI=1S/C18H29NO3Si/c1-18(2,3)23(4,5)22-16-13-21-17(15(16)9-7-11-20)14-8-6-10-19-12-14/h6,8,10-12,15-17H,7,9,13H2,1-5H3/t15-,16-,17-/m1/s1. The molecule has 0 spiro atoms. The van der Waals surface area contributed by atoms with E-state index in [0.29, 0.717) is 13.0 Å². The van der Waals surface area contributed by atoms with Gasteiger partial charge in [-0.15, -0.1) is 0 Å². The first kappa shape index (κ1) is 18.3. The fourth-order valence-corrected chi connectivity index (χ4v) is 4.16. The molecule has 1 aromatic rings. The quantitative estimate of drug-likeness (QED) is 0.579. The lowest BCUT2D eigenvalue weighted by Crippen LogP contribution is -2.45. The molecule has 23 heavy (non-hydrogen) atoms. The van der Waals surface area contributed by atoms with E-state index < -0.39 is 8.32 Å². The molecule has 2 heterocycles. The minimum absolute atomic E-state index is 0.0292. The molecule has 1 aliphatic heterocycles. The van der Waals surface area contributed by atoms with Gasteiger partial charge in [0.2, 0.25) is 0 Å². The maximum absolute atomic E-state index is 10.9. The lowest BCUT2D eigenvalue weighted by molar-refractivity contribution is -0.108. The molecule has 128 valence electrons. The Bertz CT molecular complexity index is 513. The van der Waals surface area contributed by atoms with Gasteiger partial charge in [0, 0.05) is 24.7 Å². The molecule has 1 aliphatic rings. The normalized spacial score (nSPS) is 25.5. The number of ether oxygens (including phenoxy) is 1. The Balaban J connectivity index is 2.18. The summed E-state index contributed by atoms with van der Waals surface area (Å²) >= 11 is 0. The van der Waals surface area contributed by atoms with E-state index in [9.17, 15) is 4.79 Å². The van der Waals surface area contributed by atoms with Crippen LogP contribution in [0.15, 0.2) is 24.5 Å². The maximum atomic E-state index is 10.9. The average Bonchev–Trinajstić information content (AvgIpc) is 2.87. The molecular weight excluding hydrogens is 306 g/mol. The van der Waals surface area contributed by atoms with Gasteiger partial charge in [-0.1, -0.05) is 26.8 Å². The van der Waals surface area contributed by atoms with Gasteiger partial charge in [0.25, 0.3) is 0 Å². The highest BCUT2D eigenvalue weighted by Crippen LogP contribution is 2.43. The van der Waals surface area contributed by atoms with Crippen molar-refractivity contribution >= 4 is 14.6 Å². The van der Waals surface area contributed by atoms with Crippen molar-refractivity contribution in [2.45, 2.75) is 64.0 Å². The molecular formula is C18H29NO3Si. The number of carbonyl (C=O) groups excluding carboxylic acids is 1. The lowest BCUT2D eigenvalue weighted by Gasteiger charge is -2.39. The molecule has 2 rings (SSSR count). The number of aldehydes is 1. The van der Waals surface area contributed by atoms with Crippen LogP contribution < -0.4 is 0 Å². The van der Waals surface area contributed by atoms with Gasteiger partial charge in [0.05, 0.1) is 18.8 Å². The van der Waals surface area contributed by atoms with E-state index in [1.54, 1.807) is 6.20 Å². The van der Waals surface area contributed by atoms with Crippen LogP contribution in [-0.4, -0.2) is 32.3 Å². The summed E-state index contributed by atoms with van der Waals surface area (Å²) in [6, 6.07) is 3.97. The fraction of sp³-hybridized carbons (Fsp3) is 0.667. The summed E-state index contributed by atoms with van der Waals surface area (Å²) in [5.74, 6) is 0.207. The number of hydrogen-bond acceptors (Lipinski definition) is 4. The van der Waals surface area contributed by atoms with Crippen LogP contribution in [-0.2, 0) is 14.0 Å². The first-order valence-corrected chi connectivity index (χ1v) is 11.3. The Morgan fingerprint density at radius 2 is 2.17 bits per heavy atom. The largest absolute Gasteiger partial charge is 0.411 e. The zero-order valence-corrected chi connectivity index (χ0v) is 15.9. The van der Waals surface area contributed by atoms with Crippen molar-refractivity contribution in [1.29, 1.82) is 0 Å². The minimum atomic E-state index is -1.87. The molecule has 0 N–H and O–H groups in total. The Morgan fingerprint density at radius 1 is 1.43 bits per heavy atom. The highest BCUT2D eigenvalue weighted by molar-refractivity contribution is 6.74. The predicted molar refractivity (Wildman–Crippen MR) is 93.8 cm³/mol. The predicted octanol–water partition coefficient (Wildman–Crippen LogP) is 4.14. The zero-order chi connectivity index (χ0) is 17.1. The third-order valence-corrected chi connectivity index (χ3v) is 9.69. The first-order valence-electron chi connectivity index (χ1n) is 8.39. The van der Waals surface area contributed by atoms with Crippen LogP contribution in [0.1, 0.15) is 45.3 Å². The second kappa shape index (κ2) is 7.24. The van der Waals surface area contributed by atoms with Gasteiger partial charge in [-0.2, -0.15) is 0 Å². The average molecular weight is 336 g/mol. The third-order valence-electron chi connectivity index (χ3n) is 5.19. The summed E-state index contributed by atoms with van der Waals surface area (Å²) in [6.07, 6.45) is 5.97. The van der Waals surface area contributed by atoms with Crippen molar-refractivity contribution in [2.24, 2.45) is 5.92 Å². The first-order chi connectivity index (χ1) is 10.8.